The van der Waals surface area contributed by atoms with Gasteiger partial charge in [-0.25, -0.2) is 0 Å². The summed E-state index contributed by atoms with van der Waals surface area (Å²) in [6, 6.07) is -1.43. The number of carboxylic acid groups (broad SMARTS) is 2. The predicted molar refractivity (Wildman–Crippen MR) is 65.9 cm³/mol. The molecule has 1 unspecified atom stereocenters. The number of rotatable bonds is 4. The Morgan fingerprint density at radius 2 is 1.00 bits per heavy atom. The van der Waals surface area contributed by atoms with Gasteiger partial charge in [0.1, 0.15) is 12.1 Å². The highest BCUT2D eigenvalue weighted by Gasteiger charge is 2.14. The smallest absolute Gasteiger partial charge is 0.320 e. The maximum atomic E-state index is 10.0. The van der Waals surface area contributed by atoms with Crippen LogP contribution in [0.4, 0.5) is 0 Å². The second-order valence-electron chi connectivity index (χ2n) is 4.22. The van der Waals surface area contributed by atoms with Crippen LogP contribution in [0.1, 0.15) is 27.7 Å². The third-order valence-electron chi connectivity index (χ3n) is 2.01. The van der Waals surface area contributed by atoms with Crippen molar-refractivity contribution in [2.45, 2.75) is 39.8 Å². The van der Waals surface area contributed by atoms with Crippen LogP contribution in [-0.4, -0.2) is 34.2 Å². The minimum Gasteiger partial charge on any atom is -0.480 e. The third-order valence-corrected chi connectivity index (χ3v) is 2.01. The van der Waals surface area contributed by atoms with Gasteiger partial charge in [0.05, 0.1) is 0 Å². The van der Waals surface area contributed by atoms with Crippen molar-refractivity contribution in [2.24, 2.45) is 23.3 Å². The van der Waals surface area contributed by atoms with E-state index in [1.807, 2.05) is 0 Å². The van der Waals surface area contributed by atoms with Crippen molar-refractivity contribution in [3.05, 3.63) is 0 Å². The monoisotopic (exact) mass is 251 g/mol. The lowest BCUT2D eigenvalue weighted by Gasteiger charge is -2.07. The Morgan fingerprint density at radius 1 is 0.824 bits per heavy atom. The molecule has 0 bridgehead atoms. The van der Waals surface area contributed by atoms with Gasteiger partial charge in [-0.1, -0.05) is 27.7 Å². The molecule has 0 amide bonds. The maximum Gasteiger partial charge on any atom is 0.320 e. The molecule has 0 heterocycles. The molecule has 0 saturated heterocycles. The van der Waals surface area contributed by atoms with Crippen molar-refractivity contribution < 1.29 is 19.8 Å². The Hall–Kier alpha value is -1.18. The molecule has 7 heteroatoms. The van der Waals surface area contributed by atoms with E-state index in [1.54, 1.807) is 27.7 Å². The molecule has 9 N–H and O–H groups in total. The van der Waals surface area contributed by atoms with Crippen LogP contribution in [0.5, 0.6) is 0 Å². The van der Waals surface area contributed by atoms with Gasteiger partial charge >= 0.3 is 11.9 Å². The number of aliphatic carboxylic acids is 2. The molecule has 0 aromatic rings. The number of hydrogen-bond acceptors (Lipinski definition) is 5. The minimum absolute atomic E-state index is 0. The Kier molecular flexibility index (Phi) is 12.4. The SMILES string of the molecule is CC(C)C(N)C(=O)O.CC(C)[C@H](N)C(=O)O.N. The summed E-state index contributed by atoms with van der Waals surface area (Å²) in [6.07, 6.45) is 0. The lowest BCUT2D eigenvalue weighted by molar-refractivity contribution is -0.140. The van der Waals surface area contributed by atoms with Crippen LogP contribution < -0.4 is 17.6 Å². The minimum atomic E-state index is -0.931. The fourth-order valence-corrected chi connectivity index (χ4v) is 0.570. The second kappa shape index (κ2) is 10.0. The highest BCUT2D eigenvalue weighted by atomic mass is 16.4. The van der Waals surface area contributed by atoms with Gasteiger partial charge in [0.2, 0.25) is 0 Å². The zero-order chi connectivity index (χ0) is 13.5. The van der Waals surface area contributed by atoms with Crippen molar-refractivity contribution >= 4 is 11.9 Å². The molecule has 0 spiro atoms. The summed E-state index contributed by atoms with van der Waals surface area (Å²) in [4.78, 5) is 20.0. The largest absolute Gasteiger partial charge is 0.480 e. The van der Waals surface area contributed by atoms with Crippen LogP contribution in [-0.2, 0) is 9.59 Å². The average molecular weight is 251 g/mol. The molecule has 104 valence electrons. The van der Waals surface area contributed by atoms with Crippen LogP contribution in [0.25, 0.3) is 0 Å². The van der Waals surface area contributed by atoms with Crippen molar-refractivity contribution in [2.75, 3.05) is 0 Å². The average Bonchev–Trinajstić information content (AvgIpc) is 2.15. The summed E-state index contributed by atoms with van der Waals surface area (Å²) in [6.45, 7) is 7.11. The van der Waals surface area contributed by atoms with E-state index in [4.69, 9.17) is 21.7 Å². The molecule has 0 rings (SSSR count). The number of hydrogen-bond donors (Lipinski definition) is 5. The van der Waals surface area contributed by atoms with Gasteiger partial charge in [0.25, 0.3) is 0 Å². The van der Waals surface area contributed by atoms with E-state index in [0.29, 0.717) is 0 Å². The fourth-order valence-electron chi connectivity index (χ4n) is 0.570. The molecule has 17 heavy (non-hydrogen) atoms. The van der Waals surface area contributed by atoms with E-state index in [0.717, 1.165) is 0 Å². The number of nitrogens with two attached hydrogens (primary N) is 2. The van der Waals surface area contributed by atoms with E-state index in [1.165, 1.54) is 0 Å². The topological polar surface area (TPSA) is 162 Å². The molecule has 0 aliphatic heterocycles. The second-order valence-corrected chi connectivity index (χ2v) is 4.22. The molecule has 0 aromatic heterocycles. The fraction of sp³-hybridized carbons (Fsp3) is 0.800. The third kappa shape index (κ3) is 11.1. The Balaban J connectivity index is -0.000000218. The van der Waals surface area contributed by atoms with Crippen LogP contribution >= 0.6 is 0 Å². The first-order valence-corrected chi connectivity index (χ1v) is 5.08. The lowest BCUT2D eigenvalue weighted by atomic mass is 10.1. The van der Waals surface area contributed by atoms with Gasteiger partial charge in [0, 0.05) is 0 Å². The number of carbonyl (C=O) groups is 2. The predicted octanol–water partition coefficient (Wildman–Crippen LogP) is 0.271. The van der Waals surface area contributed by atoms with Gasteiger partial charge in [-0.05, 0) is 11.8 Å². The van der Waals surface area contributed by atoms with Crippen LogP contribution in [0.15, 0.2) is 0 Å². The standard InChI is InChI=1S/2C5H11NO2.H3N/c2*1-3(2)4(6)5(7)8;/h2*3-4H,6H2,1-2H3,(H,7,8);1H3/t4-;;/m0../s1. The van der Waals surface area contributed by atoms with Gasteiger partial charge in [-0.3, -0.25) is 9.59 Å². The highest BCUT2D eigenvalue weighted by Crippen LogP contribution is 1.96. The van der Waals surface area contributed by atoms with E-state index in [2.05, 4.69) is 0 Å². The van der Waals surface area contributed by atoms with Gasteiger partial charge < -0.3 is 27.8 Å². The summed E-state index contributed by atoms with van der Waals surface area (Å²) in [5, 5.41) is 16.5. The first-order valence-electron chi connectivity index (χ1n) is 5.08. The van der Waals surface area contributed by atoms with Crippen LogP contribution in [0.3, 0.4) is 0 Å². The van der Waals surface area contributed by atoms with Crippen molar-refractivity contribution in [3.63, 3.8) is 0 Å². The summed E-state index contributed by atoms with van der Waals surface area (Å²) in [5.41, 5.74) is 10.3. The maximum absolute atomic E-state index is 10.0. The van der Waals surface area contributed by atoms with Crippen molar-refractivity contribution in [1.29, 1.82) is 0 Å². The molecule has 0 saturated carbocycles. The molecular formula is C10H25N3O4. The zero-order valence-electron chi connectivity index (χ0n) is 10.9. The van der Waals surface area contributed by atoms with Crippen LogP contribution in [0.2, 0.25) is 0 Å². The normalized spacial score (nSPS) is 13.2. The van der Waals surface area contributed by atoms with Gasteiger partial charge in [-0.15, -0.1) is 0 Å². The van der Waals surface area contributed by atoms with E-state index < -0.39 is 24.0 Å². The van der Waals surface area contributed by atoms with Gasteiger partial charge in [-0.2, -0.15) is 0 Å². The summed E-state index contributed by atoms with van der Waals surface area (Å²) in [5.74, 6) is -1.82. The Labute approximate surface area is 102 Å². The molecule has 7 nitrogen and oxygen atoms in total. The molecule has 0 aromatic carbocycles. The quantitative estimate of drug-likeness (QED) is 0.478. The van der Waals surface area contributed by atoms with E-state index >= 15 is 0 Å². The molecule has 2 atom stereocenters. The number of carboxylic acids is 2. The molecule has 0 aliphatic carbocycles. The van der Waals surface area contributed by atoms with E-state index in [9.17, 15) is 9.59 Å². The van der Waals surface area contributed by atoms with E-state index in [-0.39, 0.29) is 18.0 Å². The lowest BCUT2D eigenvalue weighted by Crippen LogP contribution is -2.34. The first-order chi connectivity index (χ1) is 7.11. The molecule has 0 aliphatic rings. The Morgan fingerprint density at radius 3 is 1.00 bits per heavy atom. The molecule has 0 radical (unpaired) electrons. The summed E-state index contributed by atoms with van der Waals surface area (Å²) in [7, 11) is 0. The van der Waals surface area contributed by atoms with Crippen molar-refractivity contribution in [1.82, 2.24) is 6.15 Å². The highest BCUT2D eigenvalue weighted by molar-refractivity contribution is 5.73. The van der Waals surface area contributed by atoms with Crippen molar-refractivity contribution in [3.8, 4) is 0 Å². The van der Waals surface area contributed by atoms with Crippen LogP contribution in [0, 0.1) is 11.8 Å². The zero-order valence-corrected chi connectivity index (χ0v) is 10.9. The molecular weight excluding hydrogens is 226 g/mol. The van der Waals surface area contributed by atoms with Gasteiger partial charge in [0.15, 0.2) is 0 Å². The first kappa shape index (κ1) is 21.1. The summed E-state index contributed by atoms with van der Waals surface area (Å²) >= 11 is 0. The molecule has 0 fully saturated rings. The Bertz CT molecular complexity index is 208. The summed E-state index contributed by atoms with van der Waals surface area (Å²) < 4.78 is 0.